The average molecular weight is 409 g/mol. The highest BCUT2D eigenvalue weighted by atomic mass is 32.2. The zero-order chi connectivity index (χ0) is 19.4. The Balaban J connectivity index is 1.63. The summed E-state index contributed by atoms with van der Waals surface area (Å²) in [6, 6.07) is 0. The molecule has 2 amide bonds. The van der Waals surface area contributed by atoms with E-state index in [1.807, 2.05) is 35.0 Å². The molecule has 3 heterocycles. The van der Waals surface area contributed by atoms with E-state index in [1.54, 1.807) is 11.8 Å². The van der Waals surface area contributed by atoms with Gasteiger partial charge in [0.05, 0.1) is 6.54 Å². The summed E-state index contributed by atoms with van der Waals surface area (Å²) in [6.07, 6.45) is 3.39. The maximum atomic E-state index is 12.7. The van der Waals surface area contributed by atoms with Gasteiger partial charge in [-0.15, -0.1) is 21.5 Å². The van der Waals surface area contributed by atoms with Crippen LogP contribution in [0.2, 0.25) is 0 Å². The lowest BCUT2D eigenvalue weighted by atomic mass is 10.1. The molecule has 1 aliphatic rings. The highest BCUT2D eigenvalue weighted by Gasteiger charge is 2.24. The van der Waals surface area contributed by atoms with Gasteiger partial charge >= 0.3 is 0 Å². The van der Waals surface area contributed by atoms with E-state index in [1.165, 1.54) is 11.3 Å². The molecule has 3 rings (SSSR count). The maximum absolute atomic E-state index is 12.7. The van der Waals surface area contributed by atoms with Crippen molar-refractivity contribution in [2.75, 3.05) is 19.3 Å². The summed E-state index contributed by atoms with van der Waals surface area (Å²) in [5.41, 5.74) is 0.503. The second kappa shape index (κ2) is 8.83. The molecule has 2 aromatic heterocycles. The highest BCUT2D eigenvalue weighted by molar-refractivity contribution is 8.00. The second-order valence-electron chi connectivity index (χ2n) is 6.46. The molecule has 0 radical (unpaired) electrons. The van der Waals surface area contributed by atoms with Crippen molar-refractivity contribution in [3.63, 3.8) is 0 Å². The Morgan fingerprint density at radius 2 is 2.15 bits per heavy atom. The highest BCUT2D eigenvalue weighted by Crippen LogP contribution is 2.21. The summed E-state index contributed by atoms with van der Waals surface area (Å²) in [5.74, 6) is 1.54. The summed E-state index contributed by atoms with van der Waals surface area (Å²) in [5, 5.41) is 13.2. The minimum atomic E-state index is -0.0446. The number of amides is 2. The van der Waals surface area contributed by atoms with Crippen molar-refractivity contribution < 1.29 is 9.59 Å². The number of nitrogens with zero attached hydrogens (tertiary/aromatic N) is 5. The molecule has 0 aliphatic carbocycles. The number of rotatable bonds is 6. The minimum Gasteiger partial charge on any atom is -0.349 e. The fourth-order valence-corrected chi connectivity index (χ4v) is 4.09. The van der Waals surface area contributed by atoms with Crippen LogP contribution in [0.3, 0.4) is 0 Å². The van der Waals surface area contributed by atoms with Crippen LogP contribution in [-0.2, 0) is 24.3 Å². The van der Waals surface area contributed by atoms with Crippen LogP contribution < -0.4 is 5.32 Å². The predicted octanol–water partition coefficient (Wildman–Crippen LogP) is 1.82. The molecule has 0 bridgehead atoms. The largest absolute Gasteiger partial charge is 0.349 e. The van der Waals surface area contributed by atoms with Gasteiger partial charge in [0.1, 0.15) is 15.9 Å². The number of thioether (sulfide) groups is 1. The molecule has 1 unspecified atom stereocenters. The quantitative estimate of drug-likeness (QED) is 0.733. The van der Waals surface area contributed by atoms with Crippen LogP contribution >= 0.6 is 23.1 Å². The fourth-order valence-electron chi connectivity index (χ4n) is 2.85. The van der Waals surface area contributed by atoms with Crippen LogP contribution in [0.5, 0.6) is 0 Å². The van der Waals surface area contributed by atoms with Crippen LogP contribution in [0.15, 0.2) is 9.72 Å². The summed E-state index contributed by atoms with van der Waals surface area (Å²) in [6.45, 7) is 6.02. The molecule has 0 saturated heterocycles. The zero-order valence-corrected chi connectivity index (χ0v) is 17.4. The van der Waals surface area contributed by atoms with Crippen LogP contribution in [0, 0.1) is 5.92 Å². The van der Waals surface area contributed by atoms with Crippen LogP contribution in [-0.4, -0.2) is 55.8 Å². The van der Waals surface area contributed by atoms with E-state index in [4.69, 9.17) is 0 Å². The molecule has 0 fully saturated rings. The van der Waals surface area contributed by atoms with Crippen LogP contribution in [0.25, 0.3) is 0 Å². The summed E-state index contributed by atoms with van der Waals surface area (Å²) in [7, 11) is 0. The van der Waals surface area contributed by atoms with E-state index < -0.39 is 0 Å². The third-order valence-corrected chi connectivity index (χ3v) is 6.61. The number of carbonyl (C=O) groups is 2. The number of nitrogens with one attached hydrogen (secondary N) is 1. The molecular formula is C17H24N6O2S2. The zero-order valence-electron chi connectivity index (χ0n) is 15.8. The van der Waals surface area contributed by atoms with Gasteiger partial charge in [-0.1, -0.05) is 25.6 Å². The predicted molar refractivity (Wildman–Crippen MR) is 105 cm³/mol. The first kappa shape index (κ1) is 19.8. The molecule has 0 spiro atoms. The van der Waals surface area contributed by atoms with Gasteiger partial charge in [0.25, 0.3) is 5.91 Å². The standard InChI is InChI=1S/C17H24N6O2S2/c1-4-11(2)15(24)18-9-14-21-20-13-5-6-22(7-8-23(13)14)16(25)12-10-27-17(19-12)26-3/h10-11H,4-9H2,1-3H3,(H,18,24). The third-order valence-electron chi connectivity index (χ3n) is 4.75. The summed E-state index contributed by atoms with van der Waals surface area (Å²) < 4.78 is 2.91. The Morgan fingerprint density at radius 1 is 1.33 bits per heavy atom. The molecule has 2 aromatic rings. The smallest absolute Gasteiger partial charge is 0.273 e. The molecule has 27 heavy (non-hydrogen) atoms. The molecule has 0 aromatic carbocycles. The third kappa shape index (κ3) is 4.49. The lowest BCUT2D eigenvalue weighted by Crippen LogP contribution is -2.34. The van der Waals surface area contributed by atoms with E-state index in [0.717, 1.165) is 22.4 Å². The Hall–Kier alpha value is -1.94. The topological polar surface area (TPSA) is 93.0 Å². The average Bonchev–Trinajstić information content (AvgIpc) is 3.26. The molecule has 146 valence electrons. The SMILES string of the molecule is CCC(C)C(=O)NCc1nnc2n1CCN(C(=O)c1csc(SC)n1)CC2. The molecule has 1 atom stereocenters. The fraction of sp³-hybridized carbons (Fsp3) is 0.588. The van der Waals surface area contributed by atoms with Gasteiger partial charge in [-0.3, -0.25) is 9.59 Å². The molecule has 1 aliphatic heterocycles. The first-order valence-corrected chi connectivity index (χ1v) is 11.1. The van der Waals surface area contributed by atoms with E-state index in [0.29, 0.717) is 38.3 Å². The van der Waals surface area contributed by atoms with Gasteiger partial charge < -0.3 is 14.8 Å². The Kier molecular flexibility index (Phi) is 6.48. The number of aromatic nitrogens is 4. The Labute approximate surface area is 166 Å². The van der Waals surface area contributed by atoms with Gasteiger partial charge in [-0.25, -0.2) is 4.98 Å². The normalized spacial score (nSPS) is 15.1. The summed E-state index contributed by atoms with van der Waals surface area (Å²) >= 11 is 3.03. The first-order chi connectivity index (χ1) is 13.0. The molecular weight excluding hydrogens is 384 g/mol. The van der Waals surface area contributed by atoms with Crippen molar-refractivity contribution >= 4 is 34.9 Å². The van der Waals surface area contributed by atoms with Gasteiger partial charge in [0.15, 0.2) is 5.82 Å². The number of thiazole rings is 1. The minimum absolute atomic E-state index is 0.0195. The first-order valence-electron chi connectivity index (χ1n) is 9.01. The van der Waals surface area contributed by atoms with E-state index in [9.17, 15) is 9.59 Å². The molecule has 0 saturated carbocycles. The summed E-state index contributed by atoms with van der Waals surface area (Å²) in [4.78, 5) is 30.9. The van der Waals surface area contributed by atoms with E-state index in [-0.39, 0.29) is 17.7 Å². The lowest BCUT2D eigenvalue weighted by Gasteiger charge is -2.19. The lowest BCUT2D eigenvalue weighted by molar-refractivity contribution is -0.124. The number of fused-ring (bicyclic) bond motifs is 1. The van der Waals surface area contributed by atoms with Crippen LogP contribution in [0.4, 0.5) is 0 Å². The molecule has 1 N–H and O–H groups in total. The van der Waals surface area contributed by atoms with Gasteiger partial charge in [-0.2, -0.15) is 0 Å². The monoisotopic (exact) mass is 408 g/mol. The van der Waals surface area contributed by atoms with E-state index in [2.05, 4.69) is 20.5 Å². The van der Waals surface area contributed by atoms with Gasteiger partial charge in [0.2, 0.25) is 5.91 Å². The Morgan fingerprint density at radius 3 is 2.85 bits per heavy atom. The molecule has 10 heteroatoms. The molecule has 8 nitrogen and oxygen atoms in total. The van der Waals surface area contributed by atoms with E-state index >= 15 is 0 Å². The second-order valence-corrected chi connectivity index (χ2v) is 8.37. The van der Waals surface area contributed by atoms with Crippen molar-refractivity contribution in [2.24, 2.45) is 5.92 Å². The van der Waals surface area contributed by atoms with Crippen molar-refractivity contribution in [1.29, 1.82) is 0 Å². The van der Waals surface area contributed by atoms with Crippen molar-refractivity contribution in [1.82, 2.24) is 30.0 Å². The number of hydrogen-bond donors (Lipinski definition) is 1. The number of carbonyl (C=O) groups excluding carboxylic acids is 2. The maximum Gasteiger partial charge on any atom is 0.273 e. The van der Waals surface area contributed by atoms with Crippen molar-refractivity contribution in [3.8, 4) is 0 Å². The van der Waals surface area contributed by atoms with Crippen molar-refractivity contribution in [3.05, 3.63) is 22.7 Å². The van der Waals surface area contributed by atoms with Crippen LogP contribution in [0.1, 0.15) is 42.4 Å². The van der Waals surface area contributed by atoms with Gasteiger partial charge in [0, 0.05) is 37.4 Å². The number of hydrogen-bond acceptors (Lipinski definition) is 7. The van der Waals surface area contributed by atoms with Crippen molar-refractivity contribution in [2.45, 2.75) is 44.1 Å². The Bertz CT molecular complexity index is 818. The van der Waals surface area contributed by atoms with Gasteiger partial charge in [-0.05, 0) is 12.7 Å².